The molecule has 3 heterocycles. The second-order valence-electron chi connectivity index (χ2n) is 10.3. The zero-order chi connectivity index (χ0) is 27.7. The van der Waals surface area contributed by atoms with Gasteiger partial charge in [-0.2, -0.15) is 13.2 Å². The van der Waals surface area contributed by atoms with Gasteiger partial charge < -0.3 is 24.4 Å². The number of rotatable bonds is 6. The van der Waals surface area contributed by atoms with Crippen LogP contribution in [0.25, 0.3) is 0 Å². The Morgan fingerprint density at radius 2 is 1.55 bits per heavy atom. The summed E-state index contributed by atoms with van der Waals surface area (Å²) in [5, 5.41) is 9.14. The summed E-state index contributed by atoms with van der Waals surface area (Å²) in [5.41, 5.74) is 2.12. The molecule has 0 saturated carbocycles. The van der Waals surface area contributed by atoms with Gasteiger partial charge in [0.2, 0.25) is 0 Å². The summed E-state index contributed by atoms with van der Waals surface area (Å²) in [6.45, 7) is 9.67. The van der Waals surface area contributed by atoms with Gasteiger partial charge in [0.15, 0.2) is 0 Å². The van der Waals surface area contributed by atoms with Gasteiger partial charge in [0, 0.05) is 31.9 Å². The predicted octanol–water partition coefficient (Wildman–Crippen LogP) is 3.39. The molecule has 2 aliphatic heterocycles. The Morgan fingerprint density at radius 3 is 2.03 bits per heavy atom. The number of nitrogens with one attached hydrogen (secondary N) is 2. The molecule has 2 aromatic rings. The highest BCUT2D eigenvalue weighted by Crippen LogP contribution is 2.36. The molecule has 13 heteroatoms. The molecule has 2 aliphatic rings. The lowest BCUT2D eigenvalue weighted by molar-refractivity contribution is -0.122. The van der Waals surface area contributed by atoms with Crippen LogP contribution in [0.1, 0.15) is 27.7 Å². The first-order valence-electron chi connectivity index (χ1n) is 12.4. The Bertz CT molecular complexity index is 1120. The van der Waals surface area contributed by atoms with Gasteiger partial charge in [-0.3, -0.25) is 5.41 Å². The molecule has 4 rings (SSSR count). The standard InChI is InChI=1S/C25H32BF3N6O3/c1-23(2)24(3,4)38-26(37-23)18-5-7-19(8-6-18)33-11-13-34(14-12-33)20-9-10-21(31-15-20)35(17-30)22(36)32-16-25(27,28)29/h5-10,15,17,30H,11-14,16H2,1-4H3,(H,32,36). The summed E-state index contributed by atoms with van der Waals surface area (Å²) in [6.07, 6.45) is -2.36. The van der Waals surface area contributed by atoms with E-state index in [1.807, 2.05) is 39.8 Å². The van der Waals surface area contributed by atoms with E-state index in [4.69, 9.17) is 14.7 Å². The fourth-order valence-electron chi connectivity index (χ4n) is 4.24. The lowest BCUT2D eigenvalue weighted by Gasteiger charge is -2.37. The molecule has 0 unspecified atom stereocenters. The molecule has 38 heavy (non-hydrogen) atoms. The Kier molecular flexibility index (Phi) is 7.62. The predicted molar refractivity (Wildman–Crippen MR) is 142 cm³/mol. The Morgan fingerprint density at radius 1 is 1.03 bits per heavy atom. The molecule has 0 bridgehead atoms. The van der Waals surface area contributed by atoms with E-state index in [2.05, 4.69) is 26.9 Å². The van der Waals surface area contributed by atoms with Gasteiger partial charge >= 0.3 is 19.3 Å². The van der Waals surface area contributed by atoms with Gasteiger partial charge in [-0.05, 0) is 57.4 Å². The van der Waals surface area contributed by atoms with Crippen LogP contribution in [-0.4, -0.2) is 74.6 Å². The second kappa shape index (κ2) is 10.4. The summed E-state index contributed by atoms with van der Waals surface area (Å²) in [6, 6.07) is 10.4. The topological polar surface area (TPSA) is 94.0 Å². The van der Waals surface area contributed by atoms with Gasteiger partial charge in [0.25, 0.3) is 0 Å². The first-order chi connectivity index (χ1) is 17.8. The van der Waals surface area contributed by atoms with Crippen molar-refractivity contribution in [3.05, 3.63) is 42.6 Å². The molecule has 9 nitrogen and oxygen atoms in total. The van der Waals surface area contributed by atoms with E-state index in [9.17, 15) is 18.0 Å². The molecule has 0 radical (unpaired) electrons. The van der Waals surface area contributed by atoms with E-state index < -0.39 is 37.1 Å². The molecular weight excluding hydrogens is 500 g/mol. The average Bonchev–Trinajstić information content (AvgIpc) is 3.10. The van der Waals surface area contributed by atoms with Crippen molar-refractivity contribution in [2.75, 3.05) is 47.4 Å². The summed E-state index contributed by atoms with van der Waals surface area (Å²) >= 11 is 0. The van der Waals surface area contributed by atoms with E-state index >= 15 is 0 Å². The number of pyridine rings is 1. The van der Waals surface area contributed by atoms with Crippen LogP contribution in [0, 0.1) is 5.41 Å². The third-order valence-corrected chi connectivity index (χ3v) is 7.20. The minimum absolute atomic E-state index is 0.0594. The Hall–Kier alpha value is -3.32. The van der Waals surface area contributed by atoms with Crippen LogP contribution in [0.15, 0.2) is 42.6 Å². The number of hydrogen-bond donors (Lipinski definition) is 2. The zero-order valence-electron chi connectivity index (χ0n) is 21.9. The molecule has 1 aromatic heterocycles. The van der Waals surface area contributed by atoms with Crippen LogP contribution in [0.4, 0.5) is 35.2 Å². The maximum Gasteiger partial charge on any atom is 0.494 e. The Balaban J connectivity index is 1.32. The number of aromatic nitrogens is 1. The molecule has 2 saturated heterocycles. The van der Waals surface area contributed by atoms with Crippen molar-refractivity contribution in [1.29, 1.82) is 5.41 Å². The summed E-state index contributed by atoms with van der Waals surface area (Å²) < 4.78 is 49.4. The van der Waals surface area contributed by atoms with E-state index in [0.29, 0.717) is 6.34 Å². The van der Waals surface area contributed by atoms with Crippen LogP contribution < -0.4 is 25.5 Å². The number of urea groups is 1. The molecule has 0 atom stereocenters. The van der Waals surface area contributed by atoms with Crippen molar-refractivity contribution < 1.29 is 27.3 Å². The maximum absolute atomic E-state index is 12.4. The summed E-state index contributed by atoms with van der Waals surface area (Å²) in [7, 11) is -0.402. The number of piperazine rings is 1. The third-order valence-electron chi connectivity index (χ3n) is 7.20. The van der Waals surface area contributed by atoms with E-state index in [-0.39, 0.29) is 5.82 Å². The molecule has 204 valence electrons. The number of hydrogen-bond acceptors (Lipinski definition) is 7. The fourth-order valence-corrected chi connectivity index (χ4v) is 4.24. The number of alkyl halides is 3. The number of carbonyl (C=O) groups is 1. The average molecular weight is 532 g/mol. The molecule has 2 fully saturated rings. The molecule has 0 aliphatic carbocycles. The summed E-state index contributed by atoms with van der Waals surface area (Å²) in [4.78, 5) is 21.4. The van der Waals surface area contributed by atoms with Gasteiger partial charge in [0.1, 0.15) is 12.4 Å². The number of carbonyl (C=O) groups excluding carboxylic acids is 1. The number of nitrogens with zero attached hydrogens (tertiary/aromatic N) is 4. The molecule has 1 aromatic carbocycles. The lowest BCUT2D eigenvalue weighted by atomic mass is 9.79. The van der Waals surface area contributed by atoms with Crippen molar-refractivity contribution >= 4 is 42.1 Å². The number of benzene rings is 1. The van der Waals surface area contributed by atoms with Crippen LogP contribution in [0.3, 0.4) is 0 Å². The number of halogens is 3. The SMILES string of the molecule is CC1(C)OB(c2ccc(N3CCN(c4ccc(N(C=N)C(=O)NCC(F)(F)F)nc4)CC3)cc2)OC1(C)C. The first-order valence-corrected chi connectivity index (χ1v) is 12.4. The van der Waals surface area contributed by atoms with Crippen molar-refractivity contribution in [2.45, 2.75) is 45.1 Å². The number of amides is 2. The fraction of sp³-hybridized carbons (Fsp3) is 0.480. The van der Waals surface area contributed by atoms with Crippen molar-refractivity contribution in [3.8, 4) is 0 Å². The zero-order valence-corrected chi connectivity index (χ0v) is 21.9. The van der Waals surface area contributed by atoms with Gasteiger partial charge in [0.05, 0.1) is 29.4 Å². The highest BCUT2D eigenvalue weighted by atomic mass is 19.4. The minimum atomic E-state index is -4.54. The molecular formula is C25H32BF3N6O3. The van der Waals surface area contributed by atoms with Crippen LogP contribution in [-0.2, 0) is 9.31 Å². The van der Waals surface area contributed by atoms with Crippen molar-refractivity contribution in [3.63, 3.8) is 0 Å². The third kappa shape index (κ3) is 6.04. The van der Waals surface area contributed by atoms with Gasteiger partial charge in [-0.15, -0.1) is 0 Å². The van der Waals surface area contributed by atoms with Gasteiger partial charge in [-0.25, -0.2) is 14.7 Å². The summed E-state index contributed by atoms with van der Waals surface area (Å²) in [5.74, 6) is 0.0594. The minimum Gasteiger partial charge on any atom is -0.399 e. The molecule has 2 N–H and O–H groups in total. The highest BCUT2D eigenvalue weighted by Gasteiger charge is 2.51. The van der Waals surface area contributed by atoms with E-state index in [1.165, 1.54) is 6.07 Å². The van der Waals surface area contributed by atoms with Crippen LogP contribution >= 0.6 is 0 Å². The van der Waals surface area contributed by atoms with Crippen LogP contribution in [0.5, 0.6) is 0 Å². The molecule has 0 spiro atoms. The second-order valence-corrected chi connectivity index (χ2v) is 10.3. The first kappa shape index (κ1) is 27.7. The van der Waals surface area contributed by atoms with Crippen molar-refractivity contribution in [2.24, 2.45) is 0 Å². The van der Waals surface area contributed by atoms with Crippen LogP contribution in [0.2, 0.25) is 0 Å². The Labute approximate surface area is 220 Å². The smallest absolute Gasteiger partial charge is 0.399 e. The van der Waals surface area contributed by atoms with Crippen molar-refractivity contribution in [1.82, 2.24) is 10.3 Å². The lowest BCUT2D eigenvalue weighted by Crippen LogP contribution is -2.46. The number of anilines is 3. The monoisotopic (exact) mass is 532 g/mol. The van der Waals surface area contributed by atoms with Gasteiger partial charge in [-0.1, -0.05) is 12.1 Å². The quantitative estimate of drug-likeness (QED) is 0.337. The normalized spacial score (nSPS) is 18.9. The largest absolute Gasteiger partial charge is 0.494 e. The molecule has 2 amide bonds. The maximum atomic E-state index is 12.4. The van der Waals surface area contributed by atoms with E-state index in [0.717, 1.165) is 47.9 Å². The van der Waals surface area contributed by atoms with E-state index in [1.54, 1.807) is 17.6 Å². The highest BCUT2D eigenvalue weighted by molar-refractivity contribution is 6.62.